The maximum Gasteiger partial charge on any atom is 0.249 e. The molecule has 4 N–H and O–H groups in total. The molecule has 0 saturated heterocycles. The Hall–Kier alpha value is -1.17. The summed E-state index contributed by atoms with van der Waals surface area (Å²) >= 11 is 0. The first-order valence-corrected chi connectivity index (χ1v) is 19.7. The van der Waals surface area contributed by atoms with E-state index in [0.717, 1.165) is 38.5 Å². The number of allylic oxidation sites excluding steroid dienone is 3. The summed E-state index contributed by atoms with van der Waals surface area (Å²) in [6.45, 7) is 4.15. The van der Waals surface area contributed by atoms with Crippen LogP contribution in [0.2, 0.25) is 0 Å². The number of hydrogen-bond donors (Lipinski definition) is 4. The zero-order chi connectivity index (χ0) is 33.1. The summed E-state index contributed by atoms with van der Waals surface area (Å²) in [6, 6.07) is -0.809. The van der Waals surface area contributed by atoms with Gasteiger partial charge in [0, 0.05) is 0 Å². The molecular formula is C40H77NO4. The van der Waals surface area contributed by atoms with Crippen LogP contribution in [-0.4, -0.2) is 46.1 Å². The second kappa shape index (κ2) is 35.7. The molecule has 0 heterocycles. The summed E-state index contributed by atoms with van der Waals surface area (Å²) in [4.78, 5) is 12.4. The topological polar surface area (TPSA) is 89.8 Å². The van der Waals surface area contributed by atoms with Crippen molar-refractivity contribution in [2.75, 3.05) is 6.61 Å². The van der Waals surface area contributed by atoms with Crippen molar-refractivity contribution in [3.05, 3.63) is 24.3 Å². The Bertz CT molecular complexity index is 665. The minimum atomic E-state index is -1.10. The second-order valence-electron chi connectivity index (χ2n) is 13.5. The third kappa shape index (κ3) is 31.2. The lowest BCUT2D eigenvalue weighted by molar-refractivity contribution is -0.131. The summed E-state index contributed by atoms with van der Waals surface area (Å²) in [7, 11) is 0. The molecule has 0 bridgehead atoms. The highest BCUT2D eigenvalue weighted by atomic mass is 16.3. The third-order valence-electron chi connectivity index (χ3n) is 9.04. The first kappa shape index (κ1) is 43.8. The fourth-order valence-corrected chi connectivity index (χ4v) is 5.91. The van der Waals surface area contributed by atoms with Gasteiger partial charge < -0.3 is 20.6 Å². The molecule has 0 aliphatic carbocycles. The van der Waals surface area contributed by atoms with E-state index in [1.165, 1.54) is 141 Å². The fourth-order valence-electron chi connectivity index (χ4n) is 5.91. The number of unbranched alkanes of at least 4 members (excludes halogenated alkanes) is 25. The van der Waals surface area contributed by atoms with E-state index in [2.05, 4.69) is 31.3 Å². The normalized spacial score (nSPS) is 14.0. The van der Waals surface area contributed by atoms with Crippen molar-refractivity contribution < 1.29 is 20.1 Å². The number of hydrogen-bond acceptors (Lipinski definition) is 4. The monoisotopic (exact) mass is 636 g/mol. The number of rotatable bonds is 35. The van der Waals surface area contributed by atoms with Crippen LogP contribution in [0.25, 0.3) is 0 Å². The SMILES string of the molecule is CCCCCCCCCC=CCCC=CC(O)C(CO)NC(=O)C(O)CCCCCCCCCCCCCCCCCCCC. The van der Waals surface area contributed by atoms with Crippen molar-refractivity contribution in [3.63, 3.8) is 0 Å². The quantitative estimate of drug-likeness (QED) is 0.0412. The van der Waals surface area contributed by atoms with Gasteiger partial charge in [-0.25, -0.2) is 0 Å². The summed E-state index contributed by atoms with van der Waals surface area (Å²) in [5.41, 5.74) is 0. The molecule has 0 rings (SSSR count). The van der Waals surface area contributed by atoms with Gasteiger partial charge in [-0.2, -0.15) is 0 Å². The van der Waals surface area contributed by atoms with Crippen LogP contribution in [0.15, 0.2) is 24.3 Å². The second-order valence-corrected chi connectivity index (χ2v) is 13.5. The fraction of sp³-hybridized carbons (Fsp3) is 0.875. The Balaban J connectivity index is 3.72. The molecule has 45 heavy (non-hydrogen) atoms. The van der Waals surface area contributed by atoms with Gasteiger partial charge in [-0.1, -0.05) is 192 Å². The molecule has 0 saturated carbocycles. The average Bonchev–Trinajstić information content (AvgIpc) is 3.04. The Morgan fingerprint density at radius 2 is 0.911 bits per heavy atom. The van der Waals surface area contributed by atoms with Crippen LogP contribution in [0.3, 0.4) is 0 Å². The summed E-state index contributed by atoms with van der Waals surface area (Å²) in [5.74, 6) is -0.512. The van der Waals surface area contributed by atoms with E-state index in [1.54, 1.807) is 6.08 Å². The van der Waals surface area contributed by atoms with E-state index in [1.807, 2.05) is 6.08 Å². The van der Waals surface area contributed by atoms with Crippen molar-refractivity contribution >= 4 is 5.91 Å². The molecule has 3 unspecified atom stereocenters. The van der Waals surface area contributed by atoms with Crippen molar-refractivity contribution in [1.82, 2.24) is 5.32 Å². The van der Waals surface area contributed by atoms with E-state index < -0.39 is 24.2 Å². The minimum Gasteiger partial charge on any atom is -0.394 e. The minimum absolute atomic E-state index is 0.374. The lowest BCUT2D eigenvalue weighted by atomic mass is 10.0. The van der Waals surface area contributed by atoms with Crippen LogP contribution in [-0.2, 0) is 4.79 Å². The zero-order valence-electron chi connectivity index (χ0n) is 30.0. The van der Waals surface area contributed by atoms with Crippen molar-refractivity contribution in [2.24, 2.45) is 0 Å². The zero-order valence-corrected chi connectivity index (χ0v) is 30.0. The highest BCUT2D eigenvalue weighted by Crippen LogP contribution is 2.15. The Morgan fingerprint density at radius 1 is 0.533 bits per heavy atom. The van der Waals surface area contributed by atoms with Crippen molar-refractivity contribution in [2.45, 2.75) is 218 Å². The molecule has 0 aromatic carbocycles. The third-order valence-corrected chi connectivity index (χ3v) is 9.04. The summed E-state index contributed by atoms with van der Waals surface area (Å²) in [6.07, 6.45) is 42.0. The number of carbonyl (C=O) groups excluding carboxylic acids is 1. The van der Waals surface area contributed by atoms with Crippen LogP contribution in [0, 0.1) is 0 Å². The highest BCUT2D eigenvalue weighted by molar-refractivity contribution is 5.80. The lowest BCUT2D eigenvalue weighted by Gasteiger charge is -2.21. The molecular weight excluding hydrogens is 558 g/mol. The highest BCUT2D eigenvalue weighted by Gasteiger charge is 2.22. The average molecular weight is 636 g/mol. The van der Waals surface area contributed by atoms with Gasteiger partial charge in [0.2, 0.25) is 5.91 Å². The number of nitrogens with one attached hydrogen (secondary N) is 1. The Morgan fingerprint density at radius 3 is 1.36 bits per heavy atom. The smallest absolute Gasteiger partial charge is 0.249 e. The molecule has 0 aliphatic rings. The number of aliphatic hydroxyl groups excluding tert-OH is 3. The van der Waals surface area contributed by atoms with Crippen LogP contribution < -0.4 is 5.32 Å². The van der Waals surface area contributed by atoms with Gasteiger partial charge in [0.1, 0.15) is 6.10 Å². The van der Waals surface area contributed by atoms with Gasteiger partial charge in [0.15, 0.2) is 0 Å². The molecule has 0 radical (unpaired) electrons. The first-order chi connectivity index (χ1) is 22.1. The van der Waals surface area contributed by atoms with Gasteiger partial charge in [-0.15, -0.1) is 0 Å². The number of aliphatic hydroxyl groups is 3. The molecule has 0 spiro atoms. The summed E-state index contributed by atoms with van der Waals surface area (Å²) < 4.78 is 0. The Labute approximate surface area is 280 Å². The standard InChI is InChI=1S/C40H77NO4/c1-3-5-7-9-11-13-15-17-18-19-20-21-23-25-27-29-31-33-35-39(44)40(45)41-37(36-42)38(43)34-32-30-28-26-24-22-16-14-12-10-8-6-4-2/h24,26,32,34,37-39,42-44H,3-23,25,27-31,33,35-36H2,1-2H3,(H,41,45). The predicted octanol–water partition coefficient (Wildman–Crippen LogP) is 10.7. The van der Waals surface area contributed by atoms with E-state index >= 15 is 0 Å². The number of amides is 1. The van der Waals surface area contributed by atoms with Crippen LogP contribution in [0.4, 0.5) is 0 Å². The molecule has 0 aromatic rings. The van der Waals surface area contributed by atoms with Gasteiger partial charge in [0.05, 0.1) is 18.8 Å². The molecule has 5 heteroatoms. The largest absolute Gasteiger partial charge is 0.394 e. The molecule has 1 amide bonds. The van der Waals surface area contributed by atoms with E-state index in [0.29, 0.717) is 6.42 Å². The van der Waals surface area contributed by atoms with Crippen LogP contribution in [0.5, 0.6) is 0 Å². The molecule has 266 valence electrons. The maximum absolute atomic E-state index is 12.4. The molecule has 0 aromatic heterocycles. The van der Waals surface area contributed by atoms with Gasteiger partial charge >= 0.3 is 0 Å². The number of carbonyl (C=O) groups is 1. The van der Waals surface area contributed by atoms with Crippen LogP contribution in [0.1, 0.15) is 200 Å². The van der Waals surface area contributed by atoms with E-state index in [9.17, 15) is 20.1 Å². The Kier molecular flexibility index (Phi) is 34.8. The molecule has 0 aliphatic heterocycles. The summed E-state index contributed by atoms with van der Waals surface area (Å²) in [5, 5.41) is 33.0. The van der Waals surface area contributed by atoms with Crippen molar-refractivity contribution in [1.29, 1.82) is 0 Å². The molecule has 5 nitrogen and oxygen atoms in total. The molecule has 3 atom stereocenters. The van der Waals surface area contributed by atoms with E-state index in [4.69, 9.17) is 0 Å². The van der Waals surface area contributed by atoms with E-state index in [-0.39, 0.29) is 6.61 Å². The maximum atomic E-state index is 12.4. The predicted molar refractivity (Wildman–Crippen MR) is 195 cm³/mol. The lowest BCUT2D eigenvalue weighted by Crippen LogP contribution is -2.48. The van der Waals surface area contributed by atoms with Crippen LogP contribution >= 0.6 is 0 Å². The first-order valence-electron chi connectivity index (χ1n) is 19.7. The van der Waals surface area contributed by atoms with Gasteiger partial charge in [-0.05, 0) is 32.1 Å². The molecule has 0 fully saturated rings. The van der Waals surface area contributed by atoms with Gasteiger partial charge in [-0.3, -0.25) is 4.79 Å². The van der Waals surface area contributed by atoms with Crippen molar-refractivity contribution in [3.8, 4) is 0 Å². The van der Waals surface area contributed by atoms with Gasteiger partial charge in [0.25, 0.3) is 0 Å².